The minimum Gasteiger partial charge on any atom is -0.454 e. The number of para-hydroxylation sites is 3. The number of furan rings is 1. The Hall–Kier alpha value is -8.40. The van der Waals surface area contributed by atoms with Gasteiger partial charge in [-0.1, -0.05) is 170 Å². The van der Waals surface area contributed by atoms with Crippen LogP contribution in [0.4, 0.5) is 17.1 Å². The molecule has 0 spiro atoms. The van der Waals surface area contributed by atoms with Crippen molar-refractivity contribution in [1.29, 1.82) is 0 Å². The molecule has 0 aliphatic heterocycles. The minimum atomic E-state index is 0.937. The molecule has 0 bridgehead atoms. The third-order valence-electron chi connectivity index (χ3n) is 13.4. The molecule has 3 heteroatoms. The summed E-state index contributed by atoms with van der Waals surface area (Å²) in [6, 6.07) is 79.7. The Morgan fingerprint density at radius 3 is 2.05 bits per heavy atom. The van der Waals surface area contributed by atoms with Crippen LogP contribution in [0.5, 0.6) is 0 Å². The van der Waals surface area contributed by atoms with Crippen molar-refractivity contribution in [3.63, 3.8) is 0 Å². The molecular formula is C62H42N2O. The molecule has 0 radical (unpaired) electrons. The summed E-state index contributed by atoms with van der Waals surface area (Å²) < 4.78 is 9.08. The van der Waals surface area contributed by atoms with E-state index in [2.05, 4.69) is 240 Å². The van der Waals surface area contributed by atoms with Crippen LogP contribution in [0.15, 0.2) is 229 Å². The summed E-state index contributed by atoms with van der Waals surface area (Å²) in [5.74, 6) is 0.979. The molecule has 0 N–H and O–H groups in total. The monoisotopic (exact) mass is 830 g/mol. The van der Waals surface area contributed by atoms with E-state index in [0.29, 0.717) is 0 Å². The maximum atomic E-state index is 6.68. The molecule has 0 atom stereocenters. The summed E-state index contributed by atoms with van der Waals surface area (Å²) >= 11 is 0. The van der Waals surface area contributed by atoms with E-state index in [9.17, 15) is 0 Å². The highest BCUT2D eigenvalue weighted by molar-refractivity contribution is 6.16. The van der Waals surface area contributed by atoms with Crippen LogP contribution in [0.2, 0.25) is 0 Å². The van der Waals surface area contributed by atoms with Crippen LogP contribution in [-0.2, 0) is 6.42 Å². The van der Waals surface area contributed by atoms with E-state index in [0.717, 1.165) is 63.5 Å². The highest BCUT2D eigenvalue weighted by Crippen LogP contribution is 2.45. The van der Waals surface area contributed by atoms with Crippen molar-refractivity contribution in [3.05, 3.63) is 236 Å². The summed E-state index contributed by atoms with van der Waals surface area (Å²) in [6.45, 7) is 0. The second-order valence-electron chi connectivity index (χ2n) is 17.1. The van der Waals surface area contributed by atoms with Gasteiger partial charge >= 0.3 is 0 Å². The van der Waals surface area contributed by atoms with Gasteiger partial charge in [-0.05, 0) is 123 Å². The van der Waals surface area contributed by atoms with Crippen molar-refractivity contribution in [2.75, 3.05) is 4.90 Å². The van der Waals surface area contributed by atoms with Gasteiger partial charge < -0.3 is 13.9 Å². The summed E-state index contributed by atoms with van der Waals surface area (Å²) in [7, 11) is 0. The van der Waals surface area contributed by atoms with E-state index < -0.39 is 0 Å². The number of anilines is 3. The average molecular weight is 831 g/mol. The lowest BCUT2D eigenvalue weighted by Gasteiger charge is -2.28. The van der Waals surface area contributed by atoms with Gasteiger partial charge in [-0.25, -0.2) is 0 Å². The molecule has 3 nitrogen and oxygen atoms in total. The fraction of sp³-hybridized carbons (Fsp3) is 0.0323. The third-order valence-corrected chi connectivity index (χ3v) is 13.4. The second-order valence-corrected chi connectivity index (χ2v) is 17.1. The predicted molar refractivity (Wildman–Crippen MR) is 274 cm³/mol. The largest absolute Gasteiger partial charge is 0.454 e. The lowest BCUT2D eigenvalue weighted by Crippen LogP contribution is -2.11. The van der Waals surface area contributed by atoms with Crippen molar-refractivity contribution >= 4 is 77.5 Å². The maximum absolute atomic E-state index is 6.68. The van der Waals surface area contributed by atoms with Crippen LogP contribution in [0.3, 0.4) is 0 Å². The summed E-state index contributed by atoms with van der Waals surface area (Å²) in [5.41, 5.74) is 15.9. The number of allylic oxidation sites excluding steroid dienone is 1. The normalized spacial score (nSPS) is 12.4. The van der Waals surface area contributed by atoms with Gasteiger partial charge in [-0.15, -0.1) is 0 Å². The minimum absolute atomic E-state index is 0.937. The standard InChI is InChI=1S/C62H42N2O/c1-2-15-42(16-3-1)51-21-6-9-26-56(51)63(47-36-33-41(34-37-47)44-35-38-50-46(39-44)32-31-43-17-4-5-20-49(43)50)48-19-12-18-45(40-48)52-24-13-28-58-61(52)55-23-7-10-27-57(55)64(58)59-29-14-25-54-53-22-8-11-30-60(53)65-62(54)59/h1-7,9-21,23-40H,8,22H2. The Morgan fingerprint density at radius 1 is 0.431 bits per heavy atom. The number of aromatic nitrogens is 1. The summed E-state index contributed by atoms with van der Waals surface area (Å²) in [4.78, 5) is 2.42. The first kappa shape index (κ1) is 37.2. The number of benzene rings is 10. The van der Waals surface area contributed by atoms with Crippen LogP contribution < -0.4 is 4.90 Å². The SMILES string of the molecule is C1=Cc2oc3c(-n4c5ccccc5c5c(-c6cccc(N(c7ccc(-c8ccc9c(ccc%10ccccc%109)c8)cc7)c7ccccc7-c7ccccc7)c6)cccc54)cccc3c2CC1. The van der Waals surface area contributed by atoms with Crippen LogP contribution in [0.25, 0.3) is 99.5 Å². The molecule has 0 saturated heterocycles. The number of aryl methyl sites for hydroxylation is 1. The van der Waals surface area contributed by atoms with Gasteiger partial charge in [0.2, 0.25) is 0 Å². The molecule has 1 aliphatic carbocycles. The van der Waals surface area contributed by atoms with Crippen molar-refractivity contribution < 1.29 is 4.42 Å². The average Bonchev–Trinajstić information content (AvgIpc) is 3.93. The summed E-state index contributed by atoms with van der Waals surface area (Å²) in [6.07, 6.45) is 6.39. The first-order valence-electron chi connectivity index (χ1n) is 22.6. The van der Waals surface area contributed by atoms with Crippen LogP contribution >= 0.6 is 0 Å². The number of hydrogen-bond acceptors (Lipinski definition) is 2. The Balaban J connectivity index is 0.963. The Bertz CT molecular complexity index is 3830. The number of rotatable bonds is 7. The molecule has 2 heterocycles. The van der Waals surface area contributed by atoms with Gasteiger partial charge in [0.25, 0.3) is 0 Å². The Kier molecular flexibility index (Phi) is 8.67. The maximum Gasteiger partial charge on any atom is 0.159 e. The summed E-state index contributed by atoms with van der Waals surface area (Å²) in [5, 5.41) is 8.70. The van der Waals surface area contributed by atoms with Crippen molar-refractivity contribution in [2.45, 2.75) is 12.8 Å². The van der Waals surface area contributed by atoms with E-state index in [1.165, 1.54) is 71.1 Å². The first-order valence-corrected chi connectivity index (χ1v) is 22.6. The highest BCUT2D eigenvalue weighted by Gasteiger charge is 2.23. The molecule has 65 heavy (non-hydrogen) atoms. The van der Waals surface area contributed by atoms with E-state index in [1.807, 2.05) is 0 Å². The fourth-order valence-corrected chi connectivity index (χ4v) is 10.4. The molecule has 10 aromatic carbocycles. The zero-order valence-corrected chi connectivity index (χ0v) is 35.7. The van der Waals surface area contributed by atoms with Crippen molar-refractivity contribution in [3.8, 4) is 39.1 Å². The van der Waals surface area contributed by atoms with Gasteiger partial charge in [-0.3, -0.25) is 0 Å². The van der Waals surface area contributed by atoms with Gasteiger partial charge in [-0.2, -0.15) is 0 Å². The molecule has 12 aromatic rings. The van der Waals surface area contributed by atoms with Gasteiger partial charge in [0, 0.05) is 38.7 Å². The molecule has 1 aliphatic rings. The lowest BCUT2D eigenvalue weighted by molar-refractivity contribution is 0.594. The molecule has 0 fully saturated rings. The van der Waals surface area contributed by atoms with E-state index >= 15 is 0 Å². The van der Waals surface area contributed by atoms with Crippen LogP contribution in [-0.4, -0.2) is 4.57 Å². The number of hydrogen-bond donors (Lipinski definition) is 0. The predicted octanol–water partition coefficient (Wildman–Crippen LogP) is 17.3. The smallest absolute Gasteiger partial charge is 0.159 e. The highest BCUT2D eigenvalue weighted by atomic mass is 16.3. The third kappa shape index (κ3) is 6.12. The second kappa shape index (κ2) is 15.1. The van der Waals surface area contributed by atoms with Gasteiger partial charge in [0.05, 0.1) is 22.4 Å². The molecule has 306 valence electrons. The van der Waals surface area contributed by atoms with E-state index in [4.69, 9.17) is 4.42 Å². The number of nitrogens with zero attached hydrogens (tertiary/aromatic N) is 2. The Labute approximate surface area is 377 Å². The lowest BCUT2D eigenvalue weighted by atomic mass is 9.96. The van der Waals surface area contributed by atoms with Gasteiger partial charge in [0.1, 0.15) is 5.76 Å². The molecule has 2 aromatic heterocycles. The van der Waals surface area contributed by atoms with Crippen molar-refractivity contribution in [1.82, 2.24) is 4.57 Å². The first-order chi connectivity index (χ1) is 32.2. The molecule has 0 saturated carbocycles. The molecular weight excluding hydrogens is 789 g/mol. The molecule has 0 unspecified atom stereocenters. The zero-order valence-electron chi connectivity index (χ0n) is 35.7. The molecule has 13 rings (SSSR count). The Morgan fingerprint density at radius 2 is 1.12 bits per heavy atom. The van der Waals surface area contributed by atoms with Gasteiger partial charge in [0.15, 0.2) is 5.58 Å². The van der Waals surface area contributed by atoms with E-state index in [-0.39, 0.29) is 0 Å². The molecule has 0 amide bonds. The van der Waals surface area contributed by atoms with Crippen LogP contribution in [0.1, 0.15) is 17.7 Å². The number of fused-ring (bicyclic) bond motifs is 9. The van der Waals surface area contributed by atoms with E-state index in [1.54, 1.807) is 0 Å². The van der Waals surface area contributed by atoms with Crippen molar-refractivity contribution in [2.24, 2.45) is 0 Å². The topological polar surface area (TPSA) is 21.3 Å². The fourth-order valence-electron chi connectivity index (χ4n) is 10.4. The quantitative estimate of drug-likeness (QED) is 0.149. The van der Waals surface area contributed by atoms with Crippen LogP contribution in [0, 0.1) is 0 Å². The zero-order chi connectivity index (χ0) is 42.8.